The fourth-order valence-corrected chi connectivity index (χ4v) is 2.46. The van der Waals surface area contributed by atoms with Crippen molar-refractivity contribution in [3.8, 4) is 0 Å². The van der Waals surface area contributed by atoms with Gasteiger partial charge in [0, 0.05) is 36.4 Å². The van der Waals surface area contributed by atoms with E-state index >= 15 is 0 Å². The van der Waals surface area contributed by atoms with Crippen LogP contribution in [0.3, 0.4) is 0 Å². The molecule has 3 heteroatoms. The molecule has 1 aromatic carbocycles. The molecule has 92 valence electrons. The van der Waals surface area contributed by atoms with Gasteiger partial charge in [0.25, 0.3) is 0 Å². The number of carbonyl (C=O) groups excluding carboxylic acids is 1. The van der Waals surface area contributed by atoms with Gasteiger partial charge in [-0.2, -0.15) is 0 Å². The molecule has 1 aliphatic heterocycles. The highest BCUT2D eigenvalue weighted by molar-refractivity contribution is 5.94. The molecule has 1 N–H and O–H groups in total. The first-order valence-corrected chi connectivity index (χ1v) is 6.18. The topological polar surface area (TPSA) is 32.3 Å². The zero-order valence-corrected chi connectivity index (χ0v) is 10.7. The highest BCUT2D eigenvalue weighted by atomic mass is 16.1. The second-order valence-corrected chi connectivity index (χ2v) is 4.98. The molecule has 3 nitrogen and oxygen atoms in total. The highest BCUT2D eigenvalue weighted by Gasteiger charge is 2.21. The second-order valence-electron chi connectivity index (χ2n) is 4.98. The number of Topliss-reactive ketones (excluding diaryl/α,β-unsaturated/α-hetero) is 1. The van der Waals surface area contributed by atoms with Gasteiger partial charge < -0.3 is 10.2 Å². The van der Waals surface area contributed by atoms with Crippen molar-refractivity contribution in [1.82, 2.24) is 5.32 Å². The molecule has 0 bridgehead atoms. The summed E-state index contributed by atoms with van der Waals surface area (Å²) >= 11 is 0. The van der Waals surface area contributed by atoms with Crippen LogP contribution in [0.15, 0.2) is 24.3 Å². The summed E-state index contributed by atoms with van der Waals surface area (Å²) in [4.78, 5) is 13.7. The maximum atomic E-state index is 11.4. The lowest BCUT2D eigenvalue weighted by Gasteiger charge is -2.37. The molecule has 2 rings (SSSR count). The minimum Gasteiger partial charge on any atom is -0.368 e. The summed E-state index contributed by atoms with van der Waals surface area (Å²) in [6.45, 7) is 7.98. The van der Waals surface area contributed by atoms with Crippen LogP contribution >= 0.6 is 0 Å². The molecule has 0 amide bonds. The van der Waals surface area contributed by atoms with Crippen molar-refractivity contribution >= 4 is 11.5 Å². The van der Waals surface area contributed by atoms with Crippen molar-refractivity contribution in [2.45, 2.75) is 32.9 Å². The lowest BCUT2D eigenvalue weighted by Crippen LogP contribution is -2.54. The Morgan fingerprint density at radius 3 is 2.53 bits per heavy atom. The Bertz CT molecular complexity index is 406. The van der Waals surface area contributed by atoms with Crippen molar-refractivity contribution in [2.24, 2.45) is 0 Å². The molecule has 17 heavy (non-hydrogen) atoms. The van der Waals surface area contributed by atoms with E-state index in [1.165, 1.54) is 0 Å². The number of hydrogen-bond acceptors (Lipinski definition) is 3. The third-order valence-electron chi connectivity index (χ3n) is 3.18. The summed E-state index contributed by atoms with van der Waals surface area (Å²) in [6.07, 6.45) is 0. The molecular weight excluding hydrogens is 212 g/mol. The first kappa shape index (κ1) is 12.1. The monoisotopic (exact) mass is 232 g/mol. The summed E-state index contributed by atoms with van der Waals surface area (Å²) in [7, 11) is 0. The van der Waals surface area contributed by atoms with Crippen LogP contribution in [0, 0.1) is 0 Å². The van der Waals surface area contributed by atoms with Crippen LogP contribution in [0.2, 0.25) is 0 Å². The molecule has 0 radical (unpaired) electrons. The van der Waals surface area contributed by atoms with Crippen LogP contribution in [0.1, 0.15) is 31.1 Å². The van der Waals surface area contributed by atoms with E-state index < -0.39 is 0 Å². The molecule has 0 aliphatic carbocycles. The van der Waals surface area contributed by atoms with E-state index in [1.807, 2.05) is 18.2 Å². The van der Waals surface area contributed by atoms with Crippen molar-refractivity contribution in [3.05, 3.63) is 29.8 Å². The van der Waals surface area contributed by atoms with Crippen LogP contribution in [0.4, 0.5) is 5.69 Å². The third kappa shape index (κ3) is 2.86. The van der Waals surface area contributed by atoms with Gasteiger partial charge in [0.15, 0.2) is 5.78 Å². The quantitative estimate of drug-likeness (QED) is 0.792. The Labute approximate surface area is 103 Å². The summed E-state index contributed by atoms with van der Waals surface area (Å²) in [5, 5.41) is 3.51. The molecule has 1 aromatic rings. The van der Waals surface area contributed by atoms with Gasteiger partial charge in [-0.15, -0.1) is 0 Å². The first-order valence-electron chi connectivity index (χ1n) is 6.18. The fourth-order valence-electron chi connectivity index (χ4n) is 2.46. The van der Waals surface area contributed by atoms with E-state index in [9.17, 15) is 4.79 Å². The zero-order valence-electron chi connectivity index (χ0n) is 10.7. The maximum absolute atomic E-state index is 11.4. The summed E-state index contributed by atoms with van der Waals surface area (Å²) < 4.78 is 0. The van der Waals surface area contributed by atoms with E-state index in [-0.39, 0.29) is 5.78 Å². The minimum atomic E-state index is 0.128. The predicted molar refractivity (Wildman–Crippen MR) is 70.7 cm³/mol. The normalized spacial score (nSPS) is 24.8. The predicted octanol–water partition coefficient (Wildman–Crippen LogP) is 2.08. The number of ketones is 1. The van der Waals surface area contributed by atoms with Crippen LogP contribution in [0.5, 0.6) is 0 Å². The van der Waals surface area contributed by atoms with Gasteiger partial charge in [0.05, 0.1) is 0 Å². The van der Waals surface area contributed by atoms with Crippen LogP contribution in [0.25, 0.3) is 0 Å². The first-order chi connectivity index (χ1) is 8.06. The molecule has 1 saturated heterocycles. The maximum Gasteiger partial charge on any atom is 0.159 e. The van der Waals surface area contributed by atoms with Crippen LogP contribution in [-0.4, -0.2) is 31.0 Å². The van der Waals surface area contributed by atoms with E-state index in [2.05, 4.69) is 30.1 Å². The Kier molecular flexibility index (Phi) is 3.48. The van der Waals surface area contributed by atoms with Gasteiger partial charge in [-0.3, -0.25) is 4.79 Å². The van der Waals surface area contributed by atoms with Gasteiger partial charge in [-0.1, -0.05) is 12.1 Å². The van der Waals surface area contributed by atoms with E-state index in [1.54, 1.807) is 6.92 Å². The number of carbonyl (C=O) groups is 1. The van der Waals surface area contributed by atoms with E-state index in [0.29, 0.717) is 12.1 Å². The van der Waals surface area contributed by atoms with Gasteiger partial charge >= 0.3 is 0 Å². The Morgan fingerprint density at radius 1 is 1.29 bits per heavy atom. The molecule has 1 fully saturated rings. The van der Waals surface area contributed by atoms with Crippen LogP contribution < -0.4 is 10.2 Å². The number of benzene rings is 1. The lowest BCUT2D eigenvalue weighted by atomic mass is 10.1. The largest absolute Gasteiger partial charge is 0.368 e. The Morgan fingerprint density at radius 2 is 1.94 bits per heavy atom. The van der Waals surface area contributed by atoms with E-state index in [4.69, 9.17) is 0 Å². The molecular formula is C14H20N2O. The SMILES string of the molecule is CC(=O)c1cccc(N2C[C@@H](C)N[C@@H](C)C2)c1. The number of hydrogen-bond donors (Lipinski definition) is 1. The van der Waals surface area contributed by atoms with Crippen molar-refractivity contribution in [3.63, 3.8) is 0 Å². The lowest BCUT2D eigenvalue weighted by molar-refractivity contribution is 0.101. The number of piperazine rings is 1. The molecule has 0 aromatic heterocycles. The summed E-state index contributed by atoms with van der Waals surface area (Å²) in [5.41, 5.74) is 1.94. The van der Waals surface area contributed by atoms with Gasteiger partial charge in [0.2, 0.25) is 0 Å². The minimum absolute atomic E-state index is 0.128. The van der Waals surface area contributed by atoms with Gasteiger partial charge in [-0.25, -0.2) is 0 Å². The number of nitrogens with one attached hydrogen (secondary N) is 1. The molecule has 1 heterocycles. The number of anilines is 1. The summed E-state index contributed by atoms with van der Waals surface area (Å²) in [5.74, 6) is 0.128. The Hall–Kier alpha value is -1.35. The zero-order chi connectivity index (χ0) is 12.4. The third-order valence-corrected chi connectivity index (χ3v) is 3.18. The van der Waals surface area contributed by atoms with Gasteiger partial charge in [-0.05, 0) is 32.9 Å². The van der Waals surface area contributed by atoms with Crippen molar-refractivity contribution in [1.29, 1.82) is 0 Å². The average Bonchev–Trinajstić information content (AvgIpc) is 2.28. The van der Waals surface area contributed by atoms with Crippen LogP contribution in [-0.2, 0) is 0 Å². The standard InChI is InChI=1S/C14H20N2O/c1-10-8-16(9-11(2)15-10)14-6-4-5-13(7-14)12(3)17/h4-7,10-11,15H,8-9H2,1-3H3/t10-,11+. The van der Waals surface area contributed by atoms with Crippen molar-refractivity contribution < 1.29 is 4.79 Å². The van der Waals surface area contributed by atoms with Crippen molar-refractivity contribution in [2.75, 3.05) is 18.0 Å². The molecule has 0 spiro atoms. The Balaban J connectivity index is 2.21. The fraction of sp³-hybridized carbons (Fsp3) is 0.500. The smallest absolute Gasteiger partial charge is 0.159 e. The molecule has 2 atom stereocenters. The second kappa shape index (κ2) is 4.88. The van der Waals surface area contributed by atoms with E-state index in [0.717, 1.165) is 24.3 Å². The molecule has 0 unspecified atom stereocenters. The summed E-state index contributed by atoms with van der Waals surface area (Å²) in [6, 6.07) is 8.88. The van der Waals surface area contributed by atoms with Gasteiger partial charge in [0.1, 0.15) is 0 Å². The average molecular weight is 232 g/mol. The highest BCUT2D eigenvalue weighted by Crippen LogP contribution is 2.19. The molecule has 0 saturated carbocycles. The number of rotatable bonds is 2. The molecule has 1 aliphatic rings. The number of nitrogens with zero attached hydrogens (tertiary/aromatic N) is 1.